The van der Waals surface area contributed by atoms with E-state index in [9.17, 15) is 10.2 Å². The molecule has 0 aliphatic carbocycles. The minimum Gasteiger partial charge on any atom is -0.399 e. The van der Waals surface area contributed by atoms with Gasteiger partial charge in [0.1, 0.15) is 6.10 Å². The maximum absolute atomic E-state index is 9.86. The molecule has 0 aliphatic rings. The minimum absolute atomic E-state index is 0.347. The third kappa shape index (κ3) is 2.92. The highest BCUT2D eigenvalue weighted by molar-refractivity contribution is 5.45. The van der Waals surface area contributed by atoms with E-state index in [0.717, 1.165) is 5.56 Å². The zero-order valence-electron chi connectivity index (χ0n) is 8.85. The average Bonchev–Trinajstić information content (AvgIpc) is 2.21. The van der Waals surface area contributed by atoms with Crippen LogP contribution in [-0.2, 0) is 0 Å². The standard InChI is InChI=1S/C11H18N2O2/c1-7-2-3-8(13)6-9(7)11(15)10(14)4-5-12/h2-3,6,10-11,14-15H,4-5,12-13H2,1H3. The monoisotopic (exact) mass is 210 g/mol. The van der Waals surface area contributed by atoms with Crippen LogP contribution < -0.4 is 11.5 Å². The Balaban J connectivity index is 2.89. The van der Waals surface area contributed by atoms with Crippen molar-refractivity contribution in [2.75, 3.05) is 12.3 Å². The highest BCUT2D eigenvalue weighted by atomic mass is 16.3. The van der Waals surface area contributed by atoms with Crippen molar-refractivity contribution in [3.8, 4) is 0 Å². The SMILES string of the molecule is Cc1ccc(N)cc1C(O)C(O)CCN. The van der Waals surface area contributed by atoms with Gasteiger partial charge in [-0.25, -0.2) is 0 Å². The highest BCUT2D eigenvalue weighted by Gasteiger charge is 2.19. The van der Waals surface area contributed by atoms with Gasteiger partial charge in [0.25, 0.3) is 0 Å². The molecular formula is C11H18N2O2. The zero-order valence-corrected chi connectivity index (χ0v) is 8.85. The van der Waals surface area contributed by atoms with Crippen LogP contribution in [0.3, 0.4) is 0 Å². The fourth-order valence-electron chi connectivity index (χ4n) is 1.51. The van der Waals surface area contributed by atoms with Crippen LogP contribution in [-0.4, -0.2) is 22.9 Å². The Morgan fingerprint density at radius 1 is 1.33 bits per heavy atom. The van der Waals surface area contributed by atoms with Crippen LogP contribution in [0.15, 0.2) is 18.2 Å². The van der Waals surface area contributed by atoms with Gasteiger partial charge >= 0.3 is 0 Å². The Hall–Kier alpha value is -1.10. The van der Waals surface area contributed by atoms with Crippen molar-refractivity contribution in [3.05, 3.63) is 29.3 Å². The van der Waals surface area contributed by atoms with Crippen molar-refractivity contribution in [2.45, 2.75) is 25.6 Å². The van der Waals surface area contributed by atoms with Crippen molar-refractivity contribution in [1.82, 2.24) is 0 Å². The minimum atomic E-state index is -0.919. The fourth-order valence-corrected chi connectivity index (χ4v) is 1.51. The number of aliphatic hydroxyl groups is 2. The first kappa shape index (κ1) is 12.0. The average molecular weight is 210 g/mol. The van der Waals surface area contributed by atoms with Gasteiger partial charge in [0.15, 0.2) is 0 Å². The molecule has 15 heavy (non-hydrogen) atoms. The summed E-state index contributed by atoms with van der Waals surface area (Å²) in [6.45, 7) is 2.22. The summed E-state index contributed by atoms with van der Waals surface area (Å²) < 4.78 is 0. The second kappa shape index (κ2) is 5.11. The van der Waals surface area contributed by atoms with Gasteiger partial charge < -0.3 is 21.7 Å². The number of rotatable bonds is 4. The van der Waals surface area contributed by atoms with Crippen LogP contribution in [0.25, 0.3) is 0 Å². The Bertz CT molecular complexity index is 328. The predicted molar refractivity (Wildman–Crippen MR) is 60.2 cm³/mol. The van der Waals surface area contributed by atoms with Crippen LogP contribution >= 0.6 is 0 Å². The maximum atomic E-state index is 9.86. The first-order chi connectivity index (χ1) is 7.06. The molecule has 2 unspecified atom stereocenters. The highest BCUT2D eigenvalue weighted by Crippen LogP contribution is 2.24. The molecule has 1 aromatic rings. The lowest BCUT2D eigenvalue weighted by atomic mass is 9.97. The zero-order chi connectivity index (χ0) is 11.4. The van der Waals surface area contributed by atoms with E-state index in [2.05, 4.69) is 0 Å². The van der Waals surface area contributed by atoms with E-state index in [1.807, 2.05) is 13.0 Å². The number of benzene rings is 1. The molecule has 0 saturated carbocycles. The molecule has 6 N–H and O–H groups in total. The summed E-state index contributed by atoms with van der Waals surface area (Å²) in [6, 6.07) is 5.27. The van der Waals surface area contributed by atoms with E-state index < -0.39 is 12.2 Å². The summed E-state index contributed by atoms with van der Waals surface area (Å²) in [6.07, 6.45) is -1.39. The summed E-state index contributed by atoms with van der Waals surface area (Å²) >= 11 is 0. The lowest BCUT2D eigenvalue weighted by Crippen LogP contribution is -2.22. The molecule has 0 saturated heterocycles. The molecular weight excluding hydrogens is 192 g/mol. The third-order valence-corrected chi connectivity index (χ3v) is 2.45. The second-order valence-corrected chi connectivity index (χ2v) is 3.71. The fraction of sp³-hybridized carbons (Fsp3) is 0.455. The first-order valence-electron chi connectivity index (χ1n) is 4.98. The maximum Gasteiger partial charge on any atom is 0.105 e. The lowest BCUT2D eigenvalue weighted by Gasteiger charge is -2.19. The Labute approximate surface area is 89.5 Å². The van der Waals surface area contributed by atoms with Gasteiger partial charge in [0.2, 0.25) is 0 Å². The normalized spacial score (nSPS) is 14.9. The van der Waals surface area contributed by atoms with E-state index in [4.69, 9.17) is 11.5 Å². The molecule has 1 rings (SSSR count). The van der Waals surface area contributed by atoms with Crippen LogP contribution in [0.5, 0.6) is 0 Å². The van der Waals surface area contributed by atoms with E-state index in [-0.39, 0.29) is 0 Å². The summed E-state index contributed by atoms with van der Waals surface area (Å²) in [5.41, 5.74) is 13.1. The summed E-state index contributed by atoms with van der Waals surface area (Å²) in [5.74, 6) is 0. The number of nitrogens with two attached hydrogens (primary N) is 2. The van der Waals surface area contributed by atoms with Gasteiger partial charge in [-0.05, 0) is 43.1 Å². The number of aryl methyl sites for hydroxylation is 1. The third-order valence-electron chi connectivity index (χ3n) is 2.45. The van der Waals surface area contributed by atoms with Crippen molar-refractivity contribution >= 4 is 5.69 Å². The quantitative estimate of drug-likeness (QED) is 0.538. The molecule has 4 nitrogen and oxygen atoms in total. The molecule has 0 fully saturated rings. The van der Waals surface area contributed by atoms with Crippen LogP contribution in [0, 0.1) is 6.92 Å². The van der Waals surface area contributed by atoms with E-state index >= 15 is 0 Å². The Morgan fingerprint density at radius 2 is 2.00 bits per heavy atom. The summed E-state index contributed by atoms with van der Waals surface area (Å²) in [7, 11) is 0. The number of aliphatic hydroxyl groups excluding tert-OH is 2. The largest absolute Gasteiger partial charge is 0.399 e. The van der Waals surface area contributed by atoms with Gasteiger partial charge in [-0.15, -0.1) is 0 Å². The number of hydrogen-bond donors (Lipinski definition) is 4. The molecule has 0 bridgehead atoms. The van der Waals surface area contributed by atoms with Crippen molar-refractivity contribution in [1.29, 1.82) is 0 Å². The predicted octanol–water partition coefficient (Wildman–Crippen LogP) is 0.320. The molecule has 84 valence electrons. The molecule has 0 spiro atoms. The van der Waals surface area contributed by atoms with Gasteiger partial charge in [-0.1, -0.05) is 6.07 Å². The summed E-state index contributed by atoms with van der Waals surface area (Å²) in [5, 5.41) is 19.5. The Morgan fingerprint density at radius 3 is 2.60 bits per heavy atom. The van der Waals surface area contributed by atoms with Gasteiger partial charge in [-0.2, -0.15) is 0 Å². The lowest BCUT2D eigenvalue weighted by molar-refractivity contribution is 0.0147. The topological polar surface area (TPSA) is 92.5 Å². The molecule has 0 radical (unpaired) electrons. The van der Waals surface area contributed by atoms with Crippen molar-refractivity contribution in [2.24, 2.45) is 5.73 Å². The molecule has 0 aromatic heterocycles. The number of hydrogen-bond acceptors (Lipinski definition) is 4. The van der Waals surface area contributed by atoms with Gasteiger partial charge in [-0.3, -0.25) is 0 Å². The molecule has 1 aromatic carbocycles. The van der Waals surface area contributed by atoms with Gasteiger partial charge in [0, 0.05) is 5.69 Å². The number of anilines is 1. The van der Waals surface area contributed by atoms with Crippen LogP contribution in [0.2, 0.25) is 0 Å². The van der Waals surface area contributed by atoms with Crippen molar-refractivity contribution < 1.29 is 10.2 Å². The number of nitrogen functional groups attached to an aromatic ring is 1. The van der Waals surface area contributed by atoms with Crippen LogP contribution in [0.1, 0.15) is 23.7 Å². The molecule has 0 heterocycles. The van der Waals surface area contributed by atoms with E-state index in [1.54, 1.807) is 12.1 Å². The molecule has 4 heteroatoms. The van der Waals surface area contributed by atoms with Gasteiger partial charge in [0.05, 0.1) is 6.10 Å². The second-order valence-electron chi connectivity index (χ2n) is 3.71. The molecule has 0 aliphatic heterocycles. The van der Waals surface area contributed by atoms with Crippen LogP contribution in [0.4, 0.5) is 5.69 Å². The van der Waals surface area contributed by atoms with E-state index in [1.165, 1.54) is 0 Å². The first-order valence-corrected chi connectivity index (χ1v) is 4.98. The molecule has 0 amide bonds. The molecule has 2 atom stereocenters. The Kier molecular flexibility index (Phi) is 4.08. The smallest absolute Gasteiger partial charge is 0.105 e. The van der Waals surface area contributed by atoms with Crippen molar-refractivity contribution in [3.63, 3.8) is 0 Å². The summed E-state index contributed by atoms with van der Waals surface area (Å²) in [4.78, 5) is 0. The van der Waals surface area contributed by atoms with E-state index in [0.29, 0.717) is 24.2 Å².